The van der Waals surface area contributed by atoms with E-state index in [9.17, 15) is 49.1 Å². The van der Waals surface area contributed by atoms with Gasteiger partial charge in [0.1, 0.15) is 0 Å². The van der Waals surface area contributed by atoms with Crippen molar-refractivity contribution in [1.82, 2.24) is 4.90 Å². The second-order valence-corrected chi connectivity index (χ2v) is 9.18. The lowest BCUT2D eigenvalue weighted by atomic mass is 9.89. The molecule has 0 unspecified atom stereocenters. The molecule has 2 atom stereocenters. The Morgan fingerprint density at radius 3 is 1.85 bits per heavy atom. The van der Waals surface area contributed by atoms with Gasteiger partial charge in [0.2, 0.25) is 0 Å². The normalized spacial score (nSPS) is 17.6. The minimum Gasteiger partial charge on any atom is -0.450 e. The van der Waals surface area contributed by atoms with Crippen LogP contribution in [0.4, 0.5) is 54.8 Å². The minimum atomic E-state index is -5.15. The Morgan fingerprint density at radius 1 is 0.829 bits per heavy atom. The van der Waals surface area contributed by atoms with Gasteiger partial charge in [-0.2, -0.15) is 39.5 Å². The topological polar surface area (TPSA) is 59.1 Å². The molecular formula is C26H25F9N2O4. The number of carbonyl (C=O) groups is 2. The molecule has 2 aromatic rings. The molecule has 0 fully saturated rings. The molecule has 0 N–H and O–H groups in total. The number of hydrogen-bond acceptors (Lipinski definition) is 4. The van der Waals surface area contributed by atoms with Crippen LogP contribution >= 0.6 is 0 Å². The number of ether oxygens (including phenoxy) is 2. The highest BCUT2D eigenvalue weighted by molar-refractivity contribution is 5.90. The Kier molecular flexibility index (Phi) is 9.08. The fourth-order valence-electron chi connectivity index (χ4n) is 4.59. The number of rotatable bonds is 5. The molecular weight excluding hydrogens is 575 g/mol. The summed E-state index contributed by atoms with van der Waals surface area (Å²) in [6.45, 7) is 3.20. The third-order valence-corrected chi connectivity index (χ3v) is 6.32. The van der Waals surface area contributed by atoms with Crippen molar-refractivity contribution in [1.29, 1.82) is 0 Å². The lowest BCUT2D eigenvalue weighted by Crippen LogP contribution is -2.48. The summed E-state index contributed by atoms with van der Waals surface area (Å²) in [4.78, 5) is 27.5. The SMILES string of the molecule is CCOC(=O)N(Cc1cc(C(F)(F)F)cc(C(F)(F)F)c1)[C@H]1C[C@@H](C)N(C(=O)OCC)c2cc(C(F)(F)F)ccc21. The number of fused-ring (bicyclic) bond motifs is 1. The molecule has 6 nitrogen and oxygen atoms in total. The average molecular weight is 600 g/mol. The lowest BCUT2D eigenvalue weighted by molar-refractivity contribution is -0.143. The summed E-state index contributed by atoms with van der Waals surface area (Å²) >= 11 is 0. The molecule has 0 saturated heterocycles. The zero-order valence-corrected chi connectivity index (χ0v) is 21.9. The van der Waals surface area contributed by atoms with E-state index in [4.69, 9.17) is 9.47 Å². The predicted octanol–water partition coefficient (Wildman–Crippen LogP) is 8.20. The summed E-state index contributed by atoms with van der Waals surface area (Å²) in [5.41, 5.74) is -5.18. The summed E-state index contributed by atoms with van der Waals surface area (Å²) < 4.78 is 131. The first-order valence-corrected chi connectivity index (χ1v) is 12.3. The van der Waals surface area contributed by atoms with Crippen LogP contribution in [0.3, 0.4) is 0 Å². The standard InChI is InChI=1S/C26H25F9N2O4/c1-4-40-22(38)36(13-15-9-17(25(30,31)32)11-18(10-15)26(33,34)35)20-8-14(3)37(23(39)41-5-2)21-12-16(24(27,28)29)6-7-19(20)21/h6-7,9-12,14,20H,4-5,8,13H2,1-3H3/t14-,20+/m1/s1. The highest BCUT2D eigenvalue weighted by Gasteiger charge is 2.42. The van der Waals surface area contributed by atoms with Crippen LogP contribution in [0.1, 0.15) is 61.1 Å². The maximum absolute atomic E-state index is 13.6. The summed E-state index contributed by atoms with van der Waals surface area (Å²) in [6, 6.07) is 1.10. The van der Waals surface area contributed by atoms with E-state index in [2.05, 4.69) is 0 Å². The summed E-state index contributed by atoms with van der Waals surface area (Å²) in [6.07, 6.45) is -17.4. The molecule has 226 valence electrons. The number of anilines is 1. The van der Waals surface area contributed by atoms with Gasteiger partial charge in [0.05, 0.1) is 41.6 Å². The minimum absolute atomic E-state index is 0.0137. The summed E-state index contributed by atoms with van der Waals surface area (Å²) in [7, 11) is 0. The van der Waals surface area contributed by atoms with Gasteiger partial charge in [-0.05, 0) is 68.7 Å². The van der Waals surface area contributed by atoms with Gasteiger partial charge in [0.25, 0.3) is 0 Å². The lowest BCUT2D eigenvalue weighted by Gasteiger charge is -2.42. The van der Waals surface area contributed by atoms with Crippen LogP contribution in [0.15, 0.2) is 36.4 Å². The maximum Gasteiger partial charge on any atom is 0.416 e. The number of alkyl halides is 9. The van der Waals surface area contributed by atoms with Crippen molar-refractivity contribution in [2.45, 2.75) is 64.3 Å². The van der Waals surface area contributed by atoms with Crippen LogP contribution in [0.2, 0.25) is 0 Å². The van der Waals surface area contributed by atoms with Crippen LogP contribution in [0, 0.1) is 0 Å². The molecule has 1 heterocycles. The monoisotopic (exact) mass is 600 g/mol. The third-order valence-electron chi connectivity index (χ3n) is 6.32. The molecule has 1 aliphatic heterocycles. The van der Waals surface area contributed by atoms with Gasteiger partial charge in [-0.25, -0.2) is 9.59 Å². The Hall–Kier alpha value is -3.65. The number of carbonyl (C=O) groups excluding carboxylic acids is 2. The number of benzene rings is 2. The van der Waals surface area contributed by atoms with Crippen molar-refractivity contribution in [3.8, 4) is 0 Å². The van der Waals surface area contributed by atoms with E-state index in [1.807, 2.05) is 0 Å². The van der Waals surface area contributed by atoms with E-state index >= 15 is 0 Å². The largest absolute Gasteiger partial charge is 0.450 e. The number of nitrogens with zero attached hydrogens (tertiary/aromatic N) is 2. The highest BCUT2D eigenvalue weighted by atomic mass is 19.4. The first-order valence-electron chi connectivity index (χ1n) is 12.3. The van der Waals surface area contributed by atoms with E-state index in [-0.39, 0.29) is 37.0 Å². The molecule has 0 radical (unpaired) electrons. The van der Waals surface area contributed by atoms with Crippen LogP contribution in [-0.4, -0.2) is 36.3 Å². The van der Waals surface area contributed by atoms with E-state index in [0.29, 0.717) is 24.3 Å². The smallest absolute Gasteiger partial charge is 0.416 e. The van der Waals surface area contributed by atoms with Crippen LogP contribution in [0.25, 0.3) is 0 Å². The number of hydrogen-bond donors (Lipinski definition) is 0. The van der Waals surface area contributed by atoms with Gasteiger partial charge >= 0.3 is 30.7 Å². The van der Waals surface area contributed by atoms with Crippen LogP contribution in [0.5, 0.6) is 0 Å². The second-order valence-electron chi connectivity index (χ2n) is 9.18. The average Bonchev–Trinajstić information content (AvgIpc) is 2.85. The fraction of sp³-hybridized carbons (Fsp3) is 0.462. The van der Waals surface area contributed by atoms with E-state index in [1.165, 1.54) is 20.8 Å². The zero-order valence-electron chi connectivity index (χ0n) is 21.9. The molecule has 1 aliphatic rings. The van der Waals surface area contributed by atoms with Gasteiger partial charge in [0, 0.05) is 12.6 Å². The van der Waals surface area contributed by atoms with Gasteiger partial charge in [-0.1, -0.05) is 6.07 Å². The molecule has 0 bridgehead atoms. The Bertz CT molecular complexity index is 1240. The van der Waals surface area contributed by atoms with E-state index in [1.54, 1.807) is 0 Å². The fourth-order valence-corrected chi connectivity index (χ4v) is 4.59. The van der Waals surface area contributed by atoms with Crippen LogP contribution in [-0.2, 0) is 34.5 Å². The highest BCUT2D eigenvalue weighted by Crippen LogP contribution is 2.45. The molecule has 0 aromatic heterocycles. The second kappa shape index (κ2) is 11.7. The van der Waals surface area contributed by atoms with Crippen molar-refractivity contribution < 1.29 is 58.6 Å². The van der Waals surface area contributed by atoms with Gasteiger partial charge in [-0.15, -0.1) is 0 Å². The Balaban J connectivity index is 2.20. The molecule has 2 amide bonds. The third kappa shape index (κ3) is 7.17. The van der Waals surface area contributed by atoms with E-state index in [0.717, 1.165) is 15.9 Å². The molecule has 3 rings (SSSR count). The van der Waals surface area contributed by atoms with Crippen molar-refractivity contribution in [2.24, 2.45) is 0 Å². The van der Waals surface area contributed by atoms with Crippen molar-refractivity contribution >= 4 is 17.9 Å². The zero-order chi connectivity index (χ0) is 30.9. The molecule has 0 saturated carbocycles. The van der Waals surface area contributed by atoms with Gasteiger partial charge < -0.3 is 9.47 Å². The number of amides is 2. The Labute approximate surface area is 228 Å². The molecule has 41 heavy (non-hydrogen) atoms. The predicted molar refractivity (Wildman–Crippen MR) is 127 cm³/mol. The Morgan fingerprint density at radius 2 is 1.37 bits per heavy atom. The van der Waals surface area contributed by atoms with Crippen molar-refractivity contribution in [3.63, 3.8) is 0 Å². The quantitative estimate of drug-likeness (QED) is 0.325. The molecule has 0 spiro atoms. The summed E-state index contributed by atoms with van der Waals surface area (Å²) in [5.74, 6) is 0. The molecule has 15 heteroatoms. The van der Waals surface area contributed by atoms with Gasteiger partial charge in [-0.3, -0.25) is 9.80 Å². The first kappa shape index (κ1) is 31.9. The first-order chi connectivity index (χ1) is 18.9. The molecule has 2 aromatic carbocycles. The molecule has 0 aliphatic carbocycles. The maximum atomic E-state index is 13.6. The van der Waals surface area contributed by atoms with Gasteiger partial charge in [0.15, 0.2) is 0 Å². The van der Waals surface area contributed by atoms with Crippen molar-refractivity contribution in [3.05, 3.63) is 64.2 Å². The van der Waals surface area contributed by atoms with E-state index < -0.39 is 71.6 Å². The van der Waals surface area contributed by atoms with Crippen molar-refractivity contribution in [2.75, 3.05) is 18.1 Å². The van der Waals surface area contributed by atoms with Crippen LogP contribution < -0.4 is 4.90 Å². The number of halogens is 9. The summed E-state index contributed by atoms with van der Waals surface area (Å²) in [5, 5.41) is 0.